The van der Waals surface area contributed by atoms with Crippen LogP contribution in [0.4, 0.5) is 13.2 Å². The van der Waals surface area contributed by atoms with Crippen LogP contribution in [0.25, 0.3) is 0 Å². The third-order valence-corrected chi connectivity index (χ3v) is 9.24. The molecule has 3 N–H and O–H groups in total. The molecule has 0 radical (unpaired) electrons. The SMILES string of the molecule is NC(=O)C12CC3CC(C1)C(NC(=O)C1CSCCN1Cc1ccccc1OC(F)(F)F)C(C3)C2. The smallest absolute Gasteiger partial charge is 0.405 e. The van der Waals surface area contributed by atoms with Gasteiger partial charge < -0.3 is 15.8 Å². The van der Waals surface area contributed by atoms with Gasteiger partial charge in [0.2, 0.25) is 11.8 Å². The molecule has 3 unspecified atom stereocenters. The molecule has 5 aliphatic rings. The Labute approximate surface area is 201 Å². The molecule has 0 aromatic heterocycles. The number of rotatable bonds is 6. The lowest BCUT2D eigenvalue weighted by Gasteiger charge is -2.59. The minimum atomic E-state index is -4.77. The number of halogens is 3. The molecule has 1 aliphatic heterocycles. The fourth-order valence-corrected chi connectivity index (χ4v) is 8.08. The predicted octanol–water partition coefficient (Wildman–Crippen LogP) is 3.30. The van der Waals surface area contributed by atoms with E-state index in [1.165, 1.54) is 12.1 Å². The van der Waals surface area contributed by atoms with Gasteiger partial charge in [0.1, 0.15) is 5.75 Å². The Morgan fingerprint density at radius 1 is 1.18 bits per heavy atom. The van der Waals surface area contributed by atoms with Crippen LogP contribution in [0, 0.1) is 23.2 Å². The van der Waals surface area contributed by atoms with E-state index in [9.17, 15) is 22.8 Å². The van der Waals surface area contributed by atoms with Gasteiger partial charge in [-0.1, -0.05) is 18.2 Å². The quantitative estimate of drug-likeness (QED) is 0.630. The van der Waals surface area contributed by atoms with Gasteiger partial charge in [-0.15, -0.1) is 13.2 Å². The first-order valence-electron chi connectivity index (χ1n) is 11.9. The summed E-state index contributed by atoms with van der Waals surface area (Å²) in [6.45, 7) is 0.808. The second kappa shape index (κ2) is 8.93. The number of para-hydroxylation sites is 1. The second-order valence-electron chi connectivity index (χ2n) is 10.4. The van der Waals surface area contributed by atoms with Crippen LogP contribution in [-0.4, -0.2) is 53.2 Å². The normalized spacial score (nSPS) is 35.2. The summed E-state index contributed by atoms with van der Waals surface area (Å²) in [6.07, 6.45) is -0.379. The number of nitrogens with two attached hydrogens (primary N) is 1. The van der Waals surface area contributed by atoms with Crippen LogP contribution < -0.4 is 15.8 Å². The van der Waals surface area contributed by atoms with Crippen molar-refractivity contribution < 1.29 is 27.5 Å². The summed E-state index contributed by atoms with van der Waals surface area (Å²) >= 11 is 1.68. The van der Waals surface area contributed by atoms with Crippen molar-refractivity contribution in [1.29, 1.82) is 0 Å². The number of amides is 2. The molecule has 1 saturated heterocycles. The lowest BCUT2D eigenvalue weighted by atomic mass is 9.47. The van der Waals surface area contributed by atoms with E-state index in [0.29, 0.717) is 23.8 Å². The van der Waals surface area contributed by atoms with Crippen LogP contribution in [-0.2, 0) is 16.1 Å². The zero-order chi connectivity index (χ0) is 24.1. The number of nitrogens with zero attached hydrogens (tertiary/aromatic N) is 1. The molecule has 186 valence electrons. The zero-order valence-corrected chi connectivity index (χ0v) is 19.7. The number of ether oxygens (including phenoxy) is 1. The van der Waals surface area contributed by atoms with Crippen molar-refractivity contribution in [3.05, 3.63) is 29.8 Å². The summed E-state index contributed by atoms with van der Waals surface area (Å²) in [7, 11) is 0. The van der Waals surface area contributed by atoms with Gasteiger partial charge in [0.25, 0.3) is 0 Å². The van der Waals surface area contributed by atoms with E-state index in [-0.39, 0.29) is 42.0 Å². The van der Waals surface area contributed by atoms with Gasteiger partial charge in [0.15, 0.2) is 0 Å². The van der Waals surface area contributed by atoms with E-state index in [0.717, 1.165) is 37.9 Å². The van der Waals surface area contributed by atoms with Crippen molar-refractivity contribution in [2.45, 2.75) is 57.1 Å². The highest BCUT2D eigenvalue weighted by Gasteiger charge is 2.58. The summed E-state index contributed by atoms with van der Waals surface area (Å²) in [6, 6.07) is 5.70. The molecule has 2 amide bonds. The molecule has 3 atom stereocenters. The first-order chi connectivity index (χ1) is 16.1. The Balaban J connectivity index is 1.28. The number of benzene rings is 1. The number of primary amides is 1. The summed E-state index contributed by atoms with van der Waals surface area (Å²) in [5.41, 5.74) is 5.78. The third-order valence-electron chi connectivity index (χ3n) is 8.22. The molecule has 1 heterocycles. The van der Waals surface area contributed by atoms with Gasteiger partial charge >= 0.3 is 6.36 Å². The minimum absolute atomic E-state index is 0.0335. The number of alkyl halides is 3. The Morgan fingerprint density at radius 3 is 2.56 bits per heavy atom. The molecule has 6 rings (SSSR count). The molecule has 1 aromatic rings. The predicted molar refractivity (Wildman–Crippen MR) is 122 cm³/mol. The number of nitrogens with one attached hydrogen (secondary N) is 1. The van der Waals surface area contributed by atoms with Crippen LogP contribution in [0.15, 0.2) is 24.3 Å². The largest absolute Gasteiger partial charge is 0.573 e. The third kappa shape index (κ3) is 4.63. The Bertz CT molecular complexity index is 943. The first kappa shape index (κ1) is 23.8. The summed E-state index contributed by atoms with van der Waals surface area (Å²) in [5, 5.41) is 3.30. The monoisotopic (exact) mass is 497 g/mol. The first-order valence-corrected chi connectivity index (χ1v) is 13.0. The topological polar surface area (TPSA) is 84.7 Å². The van der Waals surface area contributed by atoms with Crippen LogP contribution in [0.1, 0.15) is 37.7 Å². The zero-order valence-electron chi connectivity index (χ0n) is 18.9. The highest BCUT2D eigenvalue weighted by molar-refractivity contribution is 7.99. The van der Waals surface area contributed by atoms with Crippen molar-refractivity contribution in [3.8, 4) is 5.75 Å². The van der Waals surface area contributed by atoms with E-state index in [1.807, 2.05) is 4.90 Å². The minimum Gasteiger partial charge on any atom is -0.405 e. The lowest BCUT2D eigenvalue weighted by Crippen LogP contribution is -2.64. The highest BCUT2D eigenvalue weighted by Crippen LogP contribution is 2.59. The maximum atomic E-state index is 13.4. The number of hydrogen-bond donors (Lipinski definition) is 2. The number of thioether (sulfide) groups is 1. The van der Waals surface area contributed by atoms with Gasteiger partial charge in [-0.05, 0) is 55.9 Å². The van der Waals surface area contributed by atoms with Crippen molar-refractivity contribution in [3.63, 3.8) is 0 Å². The Kier molecular flexibility index (Phi) is 6.25. The standard InChI is InChI=1S/C24H30F3N3O3S/c25-24(26,27)33-19-4-2-1-3-15(19)12-30-5-6-34-13-18(30)21(31)29-20-16-7-14-8-17(20)11-23(9-14,10-16)22(28)32/h1-4,14,16-18,20H,5-13H2,(H2,28,32)(H,29,31). The Hall–Kier alpha value is -1.94. The molecule has 0 spiro atoms. The van der Waals surface area contributed by atoms with Crippen LogP contribution in [0.2, 0.25) is 0 Å². The van der Waals surface area contributed by atoms with E-state index in [4.69, 9.17) is 5.73 Å². The molecular weight excluding hydrogens is 467 g/mol. The molecular formula is C24H30F3N3O3S. The van der Waals surface area contributed by atoms with Gasteiger partial charge in [0, 0.05) is 41.6 Å². The number of carbonyl (C=O) groups is 2. The molecule has 1 aromatic carbocycles. The molecule has 34 heavy (non-hydrogen) atoms. The lowest BCUT2D eigenvalue weighted by molar-refractivity contribution is -0.275. The molecule has 10 heteroatoms. The van der Waals surface area contributed by atoms with Gasteiger partial charge in [-0.2, -0.15) is 11.8 Å². The van der Waals surface area contributed by atoms with E-state index in [2.05, 4.69) is 10.1 Å². The van der Waals surface area contributed by atoms with Gasteiger partial charge in [-0.25, -0.2) is 0 Å². The van der Waals surface area contributed by atoms with Crippen molar-refractivity contribution in [2.75, 3.05) is 18.1 Å². The van der Waals surface area contributed by atoms with Crippen LogP contribution >= 0.6 is 11.8 Å². The molecule has 6 nitrogen and oxygen atoms in total. The fraction of sp³-hybridized carbons (Fsp3) is 0.667. The fourth-order valence-electron chi connectivity index (χ4n) is 6.97. The van der Waals surface area contributed by atoms with Gasteiger partial charge in [-0.3, -0.25) is 14.5 Å². The average molecular weight is 498 g/mol. The molecule has 5 fully saturated rings. The van der Waals surface area contributed by atoms with Crippen molar-refractivity contribution in [2.24, 2.45) is 28.9 Å². The Morgan fingerprint density at radius 2 is 1.88 bits per heavy atom. The maximum Gasteiger partial charge on any atom is 0.573 e. The van der Waals surface area contributed by atoms with Crippen molar-refractivity contribution >= 4 is 23.6 Å². The van der Waals surface area contributed by atoms with Gasteiger partial charge in [0.05, 0.1) is 6.04 Å². The average Bonchev–Trinajstić information content (AvgIpc) is 2.76. The maximum absolute atomic E-state index is 13.4. The van der Waals surface area contributed by atoms with Crippen LogP contribution in [0.5, 0.6) is 5.75 Å². The van der Waals surface area contributed by atoms with Crippen molar-refractivity contribution in [1.82, 2.24) is 10.2 Å². The molecule has 4 aliphatic carbocycles. The molecule has 4 bridgehead atoms. The second-order valence-corrected chi connectivity index (χ2v) is 11.5. The van der Waals surface area contributed by atoms with E-state index >= 15 is 0 Å². The van der Waals surface area contributed by atoms with E-state index < -0.39 is 17.8 Å². The number of hydrogen-bond acceptors (Lipinski definition) is 5. The number of carbonyl (C=O) groups excluding carboxylic acids is 2. The van der Waals surface area contributed by atoms with Crippen LogP contribution in [0.3, 0.4) is 0 Å². The summed E-state index contributed by atoms with van der Waals surface area (Å²) in [4.78, 5) is 27.6. The highest BCUT2D eigenvalue weighted by atomic mass is 32.2. The molecule has 4 saturated carbocycles. The summed E-state index contributed by atoms with van der Waals surface area (Å²) < 4.78 is 42.8. The van der Waals surface area contributed by atoms with E-state index in [1.54, 1.807) is 23.9 Å². The summed E-state index contributed by atoms with van der Waals surface area (Å²) in [5.74, 6) is 1.91.